The zero-order valence-corrected chi connectivity index (χ0v) is 12.1. The Morgan fingerprint density at radius 1 is 1.41 bits per heavy atom. The van der Waals surface area contributed by atoms with Crippen molar-refractivity contribution in [2.45, 2.75) is 26.9 Å². The van der Waals surface area contributed by atoms with Gasteiger partial charge >= 0.3 is 18.1 Å². The summed E-state index contributed by atoms with van der Waals surface area (Å²) in [5.41, 5.74) is -3.44. The Labute approximate surface area is 124 Å². The Balaban J connectivity index is 3.30. The number of carbonyl (C=O) groups excluding carboxylic acids is 1. The van der Waals surface area contributed by atoms with E-state index in [1.807, 2.05) is 0 Å². The first-order valence-corrected chi connectivity index (χ1v) is 6.25. The SMILES string of the molecule is CCOC(=O)c1cnn(C=CC(C)(C)C(=O)O)c1C(F)(F)F. The van der Waals surface area contributed by atoms with E-state index < -0.39 is 34.8 Å². The van der Waals surface area contributed by atoms with Crippen molar-refractivity contribution in [1.82, 2.24) is 9.78 Å². The van der Waals surface area contributed by atoms with Gasteiger partial charge in [-0.25, -0.2) is 9.48 Å². The van der Waals surface area contributed by atoms with E-state index in [9.17, 15) is 22.8 Å². The molecule has 0 unspecified atom stereocenters. The first kappa shape index (κ1) is 17.7. The minimum Gasteiger partial charge on any atom is -0.481 e. The number of carboxylic acid groups (broad SMARTS) is 1. The third-order valence-corrected chi connectivity index (χ3v) is 2.74. The summed E-state index contributed by atoms with van der Waals surface area (Å²) in [7, 11) is 0. The van der Waals surface area contributed by atoms with E-state index in [2.05, 4.69) is 9.84 Å². The van der Waals surface area contributed by atoms with Gasteiger partial charge < -0.3 is 9.84 Å². The molecule has 0 atom stereocenters. The average molecular weight is 320 g/mol. The normalized spacial score (nSPS) is 12.6. The molecule has 6 nitrogen and oxygen atoms in total. The maximum atomic E-state index is 13.1. The van der Waals surface area contributed by atoms with Gasteiger partial charge in [0.25, 0.3) is 0 Å². The minimum absolute atomic E-state index is 0.0802. The van der Waals surface area contributed by atoms with Crippen molar-refractivity contribution in [2.24, 2.45) is 5.41 Å². The molecule has 0 radical (unpaired) electrons. The third kappa shape index (κ3) is 3.86. The van der Waals surface area contributed by atoms with Crippen LogP contribution in [0.3, 0.4) is 0 Å². The third-order valence-electron chi connectivity index (χ3n) is 2.74. The molecule has 0 aliphatic carbocycles. The highest BCUT2D eigenvalue weighted by molar-refractivity contribution is 5.90. The van der Waals surface area contributed by atoms with Crippen LogP contribution in [0.1, 0.15) is 36.8 Å². The fraction of sp³-hybridized carbons (Fsp3) is 0.462. The van der Waals surface area contributed by atoms with Crippen LogP contribution < -0.4 is 0 Å². The second-order valence-corrected chi connectivity index (χ2v) is 4.91. The number of rotatable bonds is 5. The second-order valence-electron chi connectivity index (χ2n) is 4.91. The number of carbonyl (C=O) groups is 2. The van der Waals surface area contributed by atoms with Gasteiger partial charge in [-0.2, -0.15) is 18.3 Å². The maximum absolute atomic E-state index is 13.1. The summed E-state index contributed by atoms with van der Waals surface area (Å²) in [5.74, 6) is -2.36. The number of hydrogen-bond donors (Lipinski definition) is 1. The van der Waals surface area contributed by atoms with Crippen molar-refractivity contribution in [3.63, 3.8) is 0 Å². The number of aromatic nitrogens is 2. The van der Waals surface area contributed by atoms with Crippen LogP contribution in [0.4, 0.5) is 13.2 Å². The second kappa shape index (κ2) is 6.20. The molecule has 0 aromatic carbocycles. The number of alkyl halides is 3. The van der Waals surface area contributed by atoms with Crippen molar-refractivity contribution in [2.75, 3.05) is 6.61 Å². The van der Waals surface area contributed by atoms with Crippen molar-refractivity contribution in [3.05, 3.63) is 23.5 Å². The summed E-state index contributed by atoms with van der Waals surface area (Å²) >= 11 is 0. The number of hydrogen-bond acceptors (Lipinski definition) is 4. The molecule has 1 N–H and O–H groups in total. The van der Waals surface area contributed by atoms with Crippen LogP contribution in [0.2, 0.25) is 0 Å². The van der Waals surface area contributed by atoms with Gasteiger partial charge in [0.15, 0.2) is 5.69 Å². The van der Waals surface area contributed by atoms with E-state index >= 15 is 0 Å². The van der Waals surface area contributed by atoms with Crippen LogP contribution >= 0.6 is 0 Å². The Morgan fingerprint density at radius 2 is 2.00 bits per heavy atom. The maximum Gasteiger partial charge on any atom is 0.434 e. The van der Waals surface area contributed by atoms with Crippen molar-refractivity contribution >= 4 is 18.1 Å². The van der Waals surface area contributed by atoms with Gasteiger partial charge in [0.05, 0.1) is 18.2 Å². The number of nitrogens with zero attached hydrogens (tertiary/aromatic N) is 2. The van der Waals surface area contributed by atoms with Crippen molar-refractivity contribution in [1.29, 1.82) is 0 Å². The Bertz CT molecular complexity index is 603. The molecular weight excluding hydrogens is 305 g/mol. The van der Waals surface area contributed by atoms with Crippen LogP contribution in [0, 0.1) is 5.41 Å². The summed E-state index contributed by atoms with van der Waals surface area (Å²) in [6, 6.07) is 0. The Hall–Kier alpha value is -2.32. The summed E-state index contributed by atoms with van der Waals surface area (Å²) < 4.78 is 44.3. The molecule has 0 saturated carbocycles. The molecule has 0 amide bonds. The van der Waals surface area contributed by atoms with Crippen LogP contribution in [0.15, 0.2) is 12.3 Å². The lowest BCUT2D eigenvalue weighted by atomic mass is 9.94. The molecule has 1 aromatic rings. The summed E-state index contributed by atoms with van der Waals surface area (Å²) in [4.78, 5) is 22.5. The first-order valence-electron chi connectivity index (χ1n) is 6.25. The monoisotopic (exact) mass is 320 g/mol. The lowest BCUT2D eigenvalue weighted by Gasteiger charge is -2.14. The van der Waals surface area contributed by atoms with E-state index in [0.717, 1.165) is 18.5 Å². The summed E-state index contributed by atoms with van der Waals surface area (Å²) in [5, 5.41) is 12.4. The number of ether oxygens (including phenoxy) is 1. The fourth-order valence-electron chi connectivity index (χ4n) is 1.44. The molecule has 1 heterocycles. The highest BCUT2D eigenvalue weighted by Crippen LogP contribution is 2.33. The van der Waals surface area contributed by atoms with Gasteiger partial charge in [0.1, 0.15) is 5.56 Å². The molecule has 122 valence electrons. The molecule has 0 bridgehead atoms. The van der Waals surface area contributed by atoms with Crippen LogP contribution in [-0.2, 0) is 15.7 Å². The summed E-state index contributed by atoms with van der Waals surface area (Å²) in [6.07, 6.45) is -2.21. The topological polar surface area (TPSA) is 81.4 Å². The smallest absolute Gasteiger partial charge is 0.434 e. The highest BCUT2D eigenvalue weighted by atomic mass is 19.4. The molecule has 1 aromatic heterocycles. The van der Waals surface area contributed by atoms with Gasteiger partial charge in [-0.3, -0.25) is 4.79 Å². The zero-order valence-electron chi connectivity index (χ0n) is 12.1. The molecule has 0 aliphatic heterocycles. The van der Waals surface area contributed by atoms with E-state index in [4.69, 9.17) is 5.11 Å². The van der Waals surface area contributed by atoms with E-state index in [1.165, 1.54) is 20.8 Å². The first-order chi connectivity index (χ1) is 10.0. The van der Waals surface area contributed by atoms with E-state index in [-0.39, 0.29) is 6.61 Å². The Kier molecular flexibility index (Phi) is 5.00. The van der Waals surface area contributed by atoms with Gasteiger partial charge in [-0.05, 0) is 26.8 Å². The fourth-order valence-corrected chi connectivity index (χ4v) is 1.44. The largest absolute Gasteiger partial charge is 0.481 e. The van der Waals surface area contributed by atoms with Crippen LogP contribution in [-0.4, -0.2) is 33.4 Å². The van der Waals surface area contributed by atoms with Crippen LogP contribution in [0.5, 0.6) is 0 Å². The predicted molar refractivity (Wildman–Crippen MR) is 69.9 cm³/mol. The molecule has 0 spiro atoms. The average Bonchev–Trinajstić information content (AvgIpc) is 2.80. The molecular formula is C13H15F3N2O4. The highest BCUT2D eigenvalue weighted by Gasteiger charge is 2.40. The summed E-state index contributed by atoms with van der Waals surface area (Å²) in [6.45, 7) is 4.01. The van der Waals surface area contributed by atoms with Gasteiger partial charge in [0, 0.05) is 6.20 Å². The number of carboxylic acids is 1. The molecule has 0 aliphatic rings. The van der Waals surface area contributed by atoms with E-state index in [1.54, 1.807) is 0 Å². The predicted octanol–water partition coefficient (Wildman–Crippen LogP) is 2.66. The standard InChI is InChI=1S/C13H15F3N2O4/c1-4-22-10(19)8-7-17-18(9(8)13(14,15)16)6-5-12(2,3)11(20)21/h5-7H,4H2,1-3H3,(H,20,21). The van der Waals surface area contributed by atoms with E-state index in [0.29, 0.717) is 4.68 Å². The van der Waals surface area contributed by atoms with Gasteiger partial charge in [-0.15, -0.1) is 0 Å². The molecule has 1 rings (SSSR count). The number of aliphatic carboxylic acids is 1. The minimum atomic E-state index is -4.85. The molecule has 0 saturated heterocycles. The van der Waals surface area contributed by atoms with Gasteiger partial charge in [-0.1, -0.05) is 0 Å². The quantitative estimate of drug-likeness (QED) is 0.844. The van der Waals surface area contributed by atoms with Crippen molar-refractivity contribution in [3.8, 4) is 0 Å². The zero-order chi connectivity index (χ0) is 17.1. The number of esters is 1. The Morgan fingerprint density at radius 3 is 2.45 bits per heavy atom. The molecule has 22 heavy (non-hydrogen) atoms. The molecule has 9 heteroatoms. The van der Waals surface area contributed by atoms with Crippen molar-refractivity contribution < 1.29 is 32.6 Å². The lowest BCUT2D eigenvalue weighted by molar-refractivity contribution is -0.144. The number of halogens is 3. The lowest BCUT2D eigenvalue weighted by Crippen LogP contribution is -2.21. The van der Waals surface area contributed by atoms with Gasteiger partial charge in [0.2, 0.25) is 0 Å². The molecule has 0 fully saturated rings. The van der Waals surface area contributed by atoms with Crippen LogP contribution in [0.25, 0.3) is 6.20 Å².